The van der Waals surface area contributed by atoms with Gasteiger partial charge < -0.3 is 15.7 Å². The SMILES string of the molecule is CC(C)CN(C(=O)[C@@H](N)Cc1ccc(O)cc1)C(C)C. The highest BCUT2D eigenvalue weighted by Gasteiger charge is 2.24. The number of hydrogen-bond donors (Lipinski definition) is 2. The molecule has 0 saturated carbocycles. The summed E-state index contributed by atoms with van der Waals surface area (Å²) in [6, 6.07) is 6.42. The molecule has 0 spiro atoms. The maximum absolute atomic E-state index is 12.4. The molecular weight excluding hydrogens is 252 g/mol. The van der Waals surface area contributed by atoms with Crippen LogP contribution in [-0.2, 0) is 11.2 Å². The molecule has 1 aromatic rings. The molecule has 20 heavy (non-hydrogen) atoms. The Labute approximate surface area is 121 Å². The van der Waals surface area contributed by atoms with Gasteiger partial charge in [-0.2, -0.15) is 0 Å². The van der Waals surface area contributed by atoms with Gasteiger partial charge in [0.25, 0.3) is 0 Å². The van der Waals surface area contributed by atoms with Crippen LogP contribution in [0.5, 0.6) is 5.75 Å². The summed E-state index contributed by atoms with van der Waals surface area (Å²) in [6.45, 7) is 8.92. The van der Waals surface area contributed by atoms with Crippen LogP contribution in [0.4, 0.5) is 0 Å². The highest BCUT2D eigenvalue weighted by atomic mass is 16.3. The summed E-state index contributed by atoms with van der Waals surface area (Å²) >= 11 is 0. The van der Waals surface area contributed by atoms with Gasteiger partial charge in [-0.15, -0.1) is 0 Å². The van der Waals surface area contributed by atoms with E-state index in [4.69, 9.17) is 5.73 Å². The molecule has 0 aliphatic carbocycles. The van der Waals surface area contributed by atoms with Gasteiger partial charge in [0.2, 0.25) is 5.91 Å². The number of nitrogens with two attached hydrogens (primary N) is 1. The zero-order valence-corrected chi connectivity index (χ0v) is 12.8. The number of carbonyl (C=O) groups excluding carboxylic acids is 1. The molecule has 0 aliphatic rings. The van der Waals surface area contributed by atoms with Crippen molar-refractivity contribution in [3.63, 3.8) is 0 Å². The number of carbonyl (C=O) groups is 1. The molecule has 1 aromatic carbocycles. The molecule has 4 nitrogen and oxygen atoms in total. The summed E-state index contributed by atoms with van der Waals surface area (Å²) in [4.78, 5) is 14.3. The third-order valence-corrected chi connectivity index (χ3v) is 3.18. The number of nitrogens with zero attached hydrogens (tertiary/aromatic N) is 1. The van der Waals surface area contributed by atoms with Crippen LogP contribution in [-0.4, -0.2) is 34.5 Å². The van der Waals surface area contributed by atoms with Gasteiger partial charge >= 0.3 is 0 Å². The number of benzene rings is 1. The predicted molar refractivity (Wildman–Crippen MR) is 81.5 cm³/mol. The maximum atomic E-state index is 12.4. The summed E-state index contributed by atoms with van der Waals surface area (Å²) < 4.78 is 0. The third kappa shape index (κ3) is 4.85. The van der Waals surface area contributed by atoms with Crippen LogP contribution >= 0.6 is 0 Å². The Kier molecular flexibility index (Phi) is 6.02. The predicted octanol–water partition coefficient (Wildman–Crippen LogP) is 2.15. The normalized spacial score (nSPS) is 12.8. The smallest absolute Gasteiger partial charge is 0.240 e. The van der Waals surface area contributed by atoms with Crippen molar-refractivity contribution in [2.75, 3.05) is 6.54 Å². The third-order valence-electron chi connectivity index (χ3n) is 3.18. The molecule has 0 saturated heterocycles. The van der Waals surface area contributed by atoms with Gasteiger partial charge in [0, 0.05) is 12.6 Å². The number of rotatable bonds is 6. The lowest BCUT2D eigenvalue weighted by atomic mass is 10.0. The minimum absolute atomic E-state index is 0.0122. The van der Waals surface area contributed by atoms with Crippen LogP contribution in [0.3, 0.4) is 0 Å². The zero-order valence-electron chi connectivity index (χ0n) is 12.8. The lowest BCUT2D eigenvalue weighted by molar-refractivity contribution is -0.134. The molecule has 0 aliphatic heterocycles. The fraction of sp³-hybridized carbons (Fsp3) is 0.562. The van der Waals surface area contributed by atoms with Crippen LogP contribution in [0.15, 0.2) is 24.3 Å². The fourth-order valence-corrected chi connectivity index (χ4v) is 2.13. The van der Waals surface area contributed by atoms with Crippen LogP contribution in [0.25, 0.3) is 0 Å². The second-order valence-corrected chi connectivity index (χ2v) is 5.96. The summed E-state index contributed by atoms with van der Waals surface area (Å²) in [5.74, 6) is 0.626. The van der Waals surface area contributed by atoms with Crippen molar-refractivity contribution in [2.45, 2.75) is 46.2 Å². The first-order valence-electron chi connectivity index (χ1n) is 7.15. The Morgan fingerprint density at radius 3 is 2.20 bits per heavy atom. The molecule has 3 N–H and O–H groups in total. The van der Waals surface area contributed by atoms with Crippen LogP contribution in [0, 0.1) is 5.92 Å². The molecule has 1 rings (SSSR count). The van der Waals surface area contributed by atoms with E-state index in [0.29, 0.717) is 12.3 Å². The Morgan fingerprint density at radius 1 is 1.20 bits per heavy atom. The highest BCUT2D eigenvalue weighted by molar-refractivity contribution is 5.82. The largest absolute Gasteiger partial charge is 0.508 e. The van der Waals surface area contributed by atoms with Crippen LogP contribution in [0.1, 0.15) is 33.3 Å². The van der Waals surface area contributed by atoms with Gasteiger partial charge in [0.1, 0.15) is 5.75 Å². The Morgan fingerprint density at radius 2 is 1.75 bits per heavy atom. The Hall–Kier alpha value is -1.55. The van der Waals surface area contributed by atoms with Crippen molar-refractivity contribution in [1.29, 1.82) is 0 Å². The van der Waals surface area contributed by atoms with E-state index in [2.05, 4.69) is 13.8 Å². The molecule has 1 atom stereocenters. The topological polar surface area (TPSA) is 66.6 Å². The van der Waals surface area contributed by atoms with Crippen molar-refractivity contribution in [2.24, 2.45) is 11.7 Å². The minimum Gasteiger partial charge on any atom is -0.508 e. The van der Waals surface area contributed by atoms with Gasteiger partial charge in [-0.25, -0.2) is 0 Å². The van der Waals surface area contributed by atoms with Gasteiger partial charge in [0.05, 0.1) is 6.04 Å². The second kappa shape index (κ2) is 7.29. The average molecular weight is 278 g/mol. The molecular formula is C16H26N2O2. The van der Waals surface area contributed by atoms with Crippen molar-refractivity contribution >= 4 is 5.91 Å². The molecule has 0 unspecified atom stereocenters. The lowest BCUT2D eigenvalue weighted by Gasteiger charge is -2.31. The van der Waals surface area contributed by atoms with Crippen molar-refractivity contribution < 1.29 is 9.90 Å². The van der Waals surface area contributed by atoms with Crippen LogP contribution in [0.2, 0.25) is 0 Å². The van der Waals surface area contributed by atoms with Crippen LogP contribution < -0.4 is 5.73 Å². The number of phenols is 1. The molecule has 1 amide bonds. The summed E-state index contributed by atoms with van der Waals surface area (Å²) in [6.07, 6.45) is 0.487. The molecule has 0 fully saturated rings. The van der Waals surface area contributed by atoms with E-state index in [1.165, 1.54) is 0 Å². The van der Waals surface area contributed by atoms with E-state index < -0.39 is 6.04 Å². The number of hydrogen-bond acceptors (Lipinski definition) is 3. The number of amides is 1. The molecule has 0 aromatic heterocycles. The molecule has 4 heteroatoms. The molecule has 0 heterocycles. The van der Waals surface area contributed by atoms with Crippen molar-refractivity contribution in [3.05, 3.63) is 29.8 Å². The first-order chi connectivity index (χ1) is 9.31. The molecule has 0 bridgehead atoms. The second-order valence-electron chi connectivity index (χ2n) is 5.96. The summed E-state index contributed by atoms with van der Waals surface area (Å²) in [5.41, 5.74) is 7.00. The monoisotopic (exact) mass is 278 g/mol. The van der Waals surface area contributed by atoms with Crippen molar-refractivity contribution in [3.8, 4) is 5.75 Å². The quantitative estimate of drug-likeness (QED) is 0.838. The highest BCUT2D eigenvalue weighted by Crippen LogP contribution is 2.13. The number of aromatic hydroxyl groups is 1. The molecule has 112 valence electrons. The fourth-order valence-electron chi connectivity index (χ4n) is 2.13. The first kappa shape index (κ1) is 16.5. The lowest BCUT2D eigenvalue weighted by Crippen LogP contribution is -2.49. The molecule has 0 radical (unpaired) electrons. The summed E-state index contributed by atoms with van der Waals surface area (Å²) in [5, 5.41) is 9.25. The van der Waals surface area contributed by atoms with E-state index in [9.17, 15) is 9.90 Å². The van der Waals surface area contributed by atoms with E-state index in [-0.39, 0.29) is 17.7 Å². The van der Waals surface area contributed by atoms with Gasteiger partial charge in [-0.3, -0.25) is 4.79 Å². The van der Waals surface area contributed by atoms with Crippen molar-refractivity contribution in [1.82, 2.24) is 4.90 Å². The van der Waals surface area contributed by atoms with E-state index in [1.807, 2.05) is 18.7 Å². The zero-order chi connectivity index (χ0) is 15.3. The Bertz CT molecular complexity index is 427. The van der Waals surface area contributed by atoms with Gasteiger partial charge in [-0.05, 0) is 43.9 Å². The van der Waals surface area contributed by atoms with E-state index >= 15 is 0 Å². The Balaban J connectivity index is 2.71. The minimum atomic E-state index is -0.541. The van der Waals surface area contributed by atoms with Gasteiger partial charge in [-0.1, -0.05) is 26.0 Å². The standard InChI is InChI=1S/C16H26N2O2/c1-11(2)10-18(12(3)4)16(20)15(17)9-13-5-7-14(19)8-6-13/h5-8,11-12,15,19H,9-10,17H2,1-4H3/t15-/m0/s1. The van der Waals surface area contributed by atoms with E-state index in [1.54, 1.807) is 24.3 Å². The maximum Gasteiger partial charge on any atom is 0.240 e. The van der Waals surface area contributed by atoms with E-state index in [0.717, 1.165) is 12.1 Å². The summed E-state index contributed by atoms with van der Waals surface area (Å²) in [7, 11) is 0. The number of phenolic OH excluding ortho intramolecular Hbond substituents is 1. The van der Waals surface area contributed by atoms with Gasteiger partial charge in [0.15, 0.2) is 0 Å². The first-order valence-corrected chi connectivity index (χ1v) is 7.15. The average Bonchev–Trinajstić information content (AvgIpc) is 2.37.